The maximum Gasteiger partial charge on any atom is 0.266 e. The molecule has 0 bridgehead atoms. The third-order valence-electron chi connectivity index (χ3n) is 13.4. The lowest BCUT2D eigenvalue weighted by Crippen LogP contribution is -2.66. The fourth-order valence-electron chi connectivity index (χ4n) is 10.5. The third-order valence-corrected chi connectivity index (χ3v) is 13.4. The number of nitrogens with zero attached hydrogens (tertiary/aromatic N) is 1. The van der Waals surface area contributed by atoms with Gasteiger partial charge >= 0.3 is 0 Å². The molecule has 15 heteroatoms. The number of allylic oxidation sites excluding steroid dienone is 4. The smallest absolute Gasteiger partial charge is 0.266 e. The maximum absolute atomic E-state index is 17.3. The van der Waals surface area contributed by atoms with Crippen molar-refractivity contribution in [2.45, 2.75) is 101 Å². The summed E-state index contributed by atoms with van der Waals surface area (Å²) in [5.74, 6) is -5.60. The molecule has 6 aliphatic rings. The van der Waals surface area contributed by atoms with Gasteiger partial charge in [-0.1, -0.05) is 37.5 Å². The van der Waals surface area contributed by atoms with Crippen molar-refractivity contribution in [1.82, 2.24) is 20.9 Å². The van der Waals surface area contributed by atoms with Crippen LogP contribution in [0.1, 0.15) is 98.8 Å². The zero-order valence-electron chi connectivity index (χ0n) is 31.6. The van der Waals surface area contributed by atoms with Crippen LogP contribution < -0.4 is 20.7 Å². The van der Waals surface area contributed by atoms with Crippen LogP contribution >= 0.6 is 0 Å². The Balaban J connectivity index is 0.832. The van der Waals surface area contributed by atoms with Crippen LogP contribution in [0.3, 0.4) is 0 Å². The molecule has 0 aromatic heterocycles. The number of amides is 6. The van der Waals surface area contributed by atoms with Crippen molar-refractivity contribution in [3.8, 4) is 5.75 Å². The lowest BCUT2D eigenvalue weighted by Gasteiger charge is -2.59. The molecule has 9 atom stereocenters. The van der Waals surface area contributed by atoms with E-state index in [0.717, 1.165) is 17.7 Å². The number of rotatable bonds is 12. The standard InChI is InChI=1S/C41H49FN4O10/c1-22-18-26-27-11-10-23-19-24(47)14-15-39(23,2)41(27,42)31(48)20-28(26)40(22,55)38(54)44-17-6-4-3-5-16-43-33(50)21-56-30-9-7-8-25-34(30)37(53)46(36(25)52)29-12-13-32(49)45-35(29)51/h7-9,14-15,19,22,26-29,31,48,55H,3-6,10-13,16-18,20-21H2,1-2H3,(H,43,50)(H,44,54)(H,45,49,51)/t22-,26+,27+,28?,29?,31+,39+,40-,41+/m1/s1. The Hall–Kier alpha value is -4.76. The van der Waals surface area contributed by atoms with Gasteiger partial charge in [-0.3, -0.25) is 43.8 Å². The van der Waals surface area contributed by atoms with E-state index in [-0.39, 0.29) is 47.8 Å². The molecule has 1 saturated heterocycles. The number of carbonyl (C=O) groups is 7. The molecule has 0 radical (unpaired) electrons. The second-order valence-electron chi connectivity index (χ2n) is 16.4. The van der Waals surface area contributed by atoms with E-state index in [2.05, 4.69) is 16.0 Å². The molecule has 14 nitrogen and oxygen atoms in total. The van der Waals surface area contributed by atoms with E-state index in [1.54, 1.807) is 13.0 Å². The Kier molecular flexibility index (Phi) is 10.5. The van der Waals surface area contributed by atoms with Crippen molar-refractivity contribution in [3.63, 3.8) is 0 Å². The molecule has 4 fully saturated rings. The van der Waals surface area contributed by atoms with Crippen LogP contribution in [0.2, 0.25) is 0 Å². The number of carbonyl (C=O) groups excluding carboxylic acids is 7. The lowest BCUT2D eigenvalue weighted by atomic mass is 9.48. The highest BCUT2D eigenvalue weighted by atomic mass is 19.1. The average Bonchev–Trinajstić information content (AvgIpc) is 3.57. The third kappa shape index (κ3) is 6.36. The Bertz CT molecular complexity index is 1930. The lowest BCUT2D eigenvalue weighted by molar-refractivity contribution is -0.191. The first-order valence-corrected chi connectivity index (χ1v) is 19.7. The summed E-state index contributed by atoms with van der Waals surface area (Å²) in [6.07, 6.45) is 7.14. The van der Waals surface area contributed by atoms with Gasteiger partial charge in [0.2, 0.25) is 11.8 Å². The van der Waals surface area contributed by atoms with Crippen molar-refractivity contribution in [1.29, 1.82) is 0 Å². The fourth-order valence-corrected chi connectivity index (χ4v) is 10.5. The minimum Gasteiger partial charge on any atom is -0.483 e. The quantitative estimate of drug-likeness (QED) is 0.155. The Morgan fingerprint density at radius 1 is 0.982 bits per heavy atom. The van der Waals surface area contributed by atoms with Crippen molar-refractivity contribution < 1.29 is 52.9 Å². The summed E-state index contributed by atoms with van der Waals surface area (Å²) in [5.41, 5.74) is -4.20. The van der Waals surface area contributed by atoms with Gasteiger partial charge in [-0.25, -0.2) is 4.39 Å². The predicted octanol–water partition coefficient (Wildman–Crippen LogP) is 2.22. The summed E-state index contributed by atoms with van der Waals surface area (Å²) < 4.78 is 22.9. The molecular formula is C41H49FN4O10. The SMILES string of the molecule is C[C@@H]1C[C@@H]2C(C[C@H](O)[C@@]3(F)[C@H]2CCC2=CC(=O)C=C[C@@]23C)[C@@]1(O)C(=O)NCCCCCCNC(=O)COc1cccc2c1C(=O)N(C1CCC(=O)NC1=O)C2=O. The molecule has 2 heterocycles. The molecule has 2 unspecified atom stereocenters. The number of benzene rings is 1. The number of ether oxygens (including phenoxy) is 1. The van der Waals surface area contributed by atoms with E-state index in [1.807, 2.05) is 6.92 Å². The van der Waals surface area contributed by atoms with Crippen LogP contribution in [0.25, 0.3) is 0 Å². The molecule has 6 amide bonds. The monoisotopic (exact) mass is 776 g/mol. The topological polar surface area (TPSA) is 209 Å². The number of fused-ring (bicyclic) bond motifs is 6. The zero-order chi connectivity index (χ0) is 40.2. The number of hydrogen-bond acceptors (Lipinski definition) is 10. The van der Waals surface area contributed by atoms with E-state index >= 15 is 4.39 Å². The normalized spacial score (nSPS) is 34.6. The molecule has 4 aliphatic carbocycles. The number of nitrogens with one attached hydrogen (secondary N) is 3. The first-order valence-electron chi connectivity index (χ1n) is 19.7. The number of halogens is 1. The molecule has 1 aromatic rings. The first-order chi connectivity index (χ1) is 26.6. The molecule has 0 spiro atoms. The highest BCUT2D eigenvalue weighted by Gasteiger charge is 2.71. The number of imide groups is 2. The van der Waals surface area contributed by atoms with Crippen molar-refractivity contribution in [2.24, 2.45) is 29.1 Å². The highest BCUT2D eigenvalue weighted by molar-refractivity contribution is 6.24. The molecule has 56 heavy (non-hydrogen) atoms. The Morgan fingerprint density at radius 3 is 2.45 bits per heavy atom. The molecule has 2 aliphatic heterocycles. The van der Waals surface area contributed by atoms with Gasteiger partial charge in [0, 0.05) is 36.8 Å². The summed E-state index contributed by atoms with van der Waals surface area (Å²) >= 11 is 0. The van der Waals surface area contributed by atoms with Crippen LogP contribution in [0.15, 0.2) is 42.0 Å². The van der Waals surface area contributed by atoms with Gasteiger partial charge in [-0.05, 0) is 88.0 Å². The van der Waals surface area contributed by atoms with Crippen molar-refractivity contribution >= 4 is 41.2 Å². The first kappa shape index (κ1) is 39.5. The van der Waals surface area contributed by atoms with E-state index in [9.17, 15) is 43.8 Å². The van der Waals surface area contributed by atoms with Crippen molar-refractivity contribution in [3.05, 3.63) is 53.1 Å². The van der Waals surface area contributed by atoms with Crippen LogP contribution in [0, 0.1) is 29.1 Å². The summed E-state index contributed by atoms with van der Waals surface area (Å²) in [6, 6.07) is 3.29. The summed E-state index contributed by atoms with van der Waals surface area (Å²) in [4.78, 5) is 89.2. The van der Waals surface area contributed by atoms with Gasteiger partial charge < -0.3 is 25.6 Å². The highest BCUT2D eigenvalue weighted by Crippen LogP contribution is 2.66. The molecule has 3 saturated carbocycles. The molecule has 1 aromatic carbocycles. The molecular weight excluding hydrogens is 727 g/mol. The van der Waals surface area contributed by atoms with Gasteiger partial charge in [0.15, 0.2) is 18.1 Å². The van der Waals surface area contributed by atoms with E-state index in [4.69, 9.17) is 4.74 Å². The van der Waals surface area contributed by atoms with E-state index in [0.29, 0.717) is 50.8 Å². The minimum absolute atomic E-state index is 0.00446. The van der Waals surface area contributed by atoms with E-state index < -0.39 is 88.6 Å². The van der Waals surface area contributed by atoms with Gasteiger partial charge in [0.05, 0.1) is 17.2 Å². The number of aliphatic hydroxyl groups excluding tert-OH is 1. The Morgan fingerprint density at radius 2 is 1.71 bits per heavy atom. The second-order valence-corrected chi connectivity index (χ2v) is 16.4. The molecule has 5 N–H and O–H groups in total. The van der Waals surface area contributed by atoms with Crippen molar-refractivity contribution in [2.75, 3.05) is 19.7 Å². The molecule has 300 valence electrons. The number of ketones is 1. The van der Waals surface area contributed by atoms with Gasteiger partial charge in [0.1, 0.15) is 17.4 Å². The fraction of sp³-hybridized carbons (Fsp3) is 0.585. The van der Waals surface area contributed by atoms with Gasteiger partial charge in [0.25, 0.3) is 23.6 Å². The summed E-state index contributed by atoms with van der Waals surface area (Å²) in [7, 11) is 0. The average molecular weight is 777 g/mol. The maximum atomic E-state index is 17.3. The van der Waals surface area contributed by atoms with Crippen LogP contribution in [0.4, 0.5) is 4.39 Å². The van der Waals surface area contributed by atoms with Crippen LogP contribution in [0.5, 0.6) is 5.75 Å². The van der Waals surface area contributed by atoms with Crippen LogP contribution in [-0.2, 0) is 24.0 Å². The Labute approximate surface area is 323 Å². The number of hydrogen-bond donors (Lipinski definition) is 5. The number of unbranched alkanes of at least 4 members (excludes halogenated alkanes) is 3. The zero-order valence-corrected chi connectivity index (χ0v) is 31.6. The van der Waals surface area contributed by atoms with Gasteiger partial charge in [-0.15, -0.1) is 0 Å². The number of alkyl halides is 1. The predicted molar refractivity (Wildman–Crippen MR) is 196 cm³/mol. The summed E-state index contributed by atoms with van der Waals surface area (Å²) in [6.45, 7) is 3.81. The number of aliphatic hydroxyl groups is 2. The largest absolute Gasteiger partial charge is 0.483 e. The second kappa shape index (κ2) is 15.0. The van der Waals surface area contributed by atoms with E-state index in [1.165, 1.54) is 30.4 Å². The minimum atomic E-state index is -2.02. The summed E-state index contributed by atoms with van der Waals surface area (Å²) in [5, 5.41) is 31.1. The molecule has 7 rings (SSSR count). The van der Waals surface area contributed by atoms with Gasteiger partial charge in [-0.2, -0.15) is 0 Å². The van der Waals surface area contributed by atoms with Crippen LogP contribution in [-0.4, -0.2) is 99.5 Å². The number of piperidine rings is 1.